The van der Waals surface area contributed by atoms with Crippen molar-refractivity contribution in [1.82, 2.24) is 24.4 Å². The van der Waals surface area contributed by atoms with Crippen LogP contribution < -0.4 is 4.74 Å². The van der Waals surface area contributed by atoms with E-state index in [-0.39, 0.29) is 28.9 Å². The number of aromatic carboxylic acids is 1. The highest BCUT2D eigenvalue weighted by Crippen LogP contribution is 2.38. The van der Waals surface area contributed by atoms with E-state index in [4.69, 9.17) is 21.1 Å². The monoisotopic (exact) mass is 605 g/mol. The molecule has 1 saturated heterocycles. The van der Waals surface area contributed by atoms with Crippen molar-refractivity contribution in [3.05, 3.63) is 81.1 Å². The molecule has 1 N–H and O–H groups in total. The molecule has 5 heterocycles. The van der Waals surface area contributed by atoms with Gasteiger partial charge in [0.25, 0.3) is 0 Å². The van der Waals surface area contributed by atoms with Gasteiger partial charge in [-0.05, 0) is 48.7 Å². The first-order chi connectivity index (χ1) is 20.0. The molecule has 2 aliphatic rings. The lowest BCUT2D eigenvalue weighted by atomic mass is 10.0. The third-order valence-corrected chi connectivity index (χ3v) is 7.60. The third-order valence-electron chi connectivity index (χ3n) is 7.37. The summed E-state index contributed by atoms with van der Waals surface area (Å²) in [4.78, 5) is 26.5. The highest BCUT2D eigenvalue weighted by Gasteiger charge is 2.37. The fourth-order valence-electron chi connectivity index (χ4n) is 5.06. The number of rotatable bonds is 8. The second-order valence-electron chi connectivity index (χ2n) is 10.2. The number of pyridine rings is 2. The molecule has 0 unspecified atom stereocenters. The summed E-state index contributed by atoms with van der Waals surface area (Å²) in [5, 5.41) is 9.51. The zero-order valence-corrected chi connectivity index (χ0v) is 22.8. The van der Waals surface area contributed by atoms with E-state index < -0.39 is 36.0 Å². The molecule has 2 aliphatic heterocycles. The first-order valence-corrected chi connectivity index (χ1v) is 13.5. The Labute approximate surface area is 241 Å². The fourth-order valence-corrected chi connectivity index (χ4v) is 5.22. The molecule has 1 aromatic carbocycles. The predicted molar refractivity (Wildman–Crippen MR) is 142 cm³/mol. The molecular weight excluding hydrogens is 582 g/mol. The Morgan fingerprint density at radius 1 is 1.17 bits per heavy atom. The van der Waals surface area contributed by atoms with E-state index in [1.54, 1.807) is 6.07 Å². The molecule has 0 bridgehead atoms. The highest BCUT2D eigenvalue weighted by atomic mass is 35.5. The Morgan fingerprint density at radius 2 is 1.98 bits per heavy atom. The lowest BCUT2D eigenvalue weighted by molar-refractivity contribution is -0.139. The van der Waals surface area contributed by atoms with Crippen molar-refractivity contribution in [3.63, 3.8) is 0 Å². The van der Waals surface area contributed by atoms with Crippen molar-refractivity contribution < 1.29 is 36.9 Å². The summed E-state index contributed by atoms with van der Waals surface area (Å²) in [5.41, 5.74) is 0.723. The van der Waals surface area contributed by atoms with Gasteiger partial charge in [-0.15, -0.1) is 0 Å². The number of aromatic nitrogens is 4. The zero-order chi connectivity index (χ0) is 29.6. The molecule has 4 aromatic rings. The number of carboxylic acids is 1. The summed E-state index contributed by atoms with van der Waals surface area (Å²) in [6.07, 6.45) is -3.53. The van der Waals surface area contributed by atoms with Crippen molar-refractivity contribution in [3.8, 4) is 5.88 Å². The number of benzene rings is 1. The Balaban J connectivity index is 1.27. The minimum absolute atomic E-state index is 0.00461. The van der Waals surface area contributed by atoms with Gasteiger partial charge >= 0.3 is 12.1 Å². The number of ether oxygens (including phenoxy) is 2. The van der Waals surface area contributed by atoms with Crippen LogP contribution in [0, 0.1) is 5.82 Å². The number of imidazole rings is 1. The molecule has 3 aromatic heterocycles. The topological polar surface area (TPSA) is 103 Å². The number of alkyl halides is 3. The number of nitrogens with zero attached hydrogens (tertiary/aromatic N) is 5. The molecule has 9 nitrogen and oxygen atoms in total. The average molecular weight is 606 g/mol. The Hall–Kier alpha value is -3.81. The number of hydrogen-bond acceptors (Lipinski definition) is 7. The van der Waals surface area contributed by atoms with Crippen LogP contribution >= 0.6 is 11.6 Å². The molecule has 6 rings (SSSR count). The molecule has 0 saturated carbocycles. The summed E-state index contributed by atoms with van der Waals surface area (Å²) in [6, 6.07) is 7.97. The molecule has 1 fully saturated rings. The van der Waals surface area contributed by atoms with E-state index in [2.05, 4.69) is 15.0 Å². The highest BCUT2D eigenvalue weighted by molar-refractivity contribution is 6.30. The normalized spacial score (nSPS) is 17.2. The van der Waals surface area contributed by atoms with Crippen LogP contribution in [0.4, 0.5) is 17.6 Å². The van der Waals surface area contributed by atoms with Crippen LogP contribution in [0.5, 0.6) is 5.88 Å². The molecule has 0 aliphatic carbocycles. The summed E-state index contributed by atoms with van der Waals surface area (Å²) in [7, 11) is 0. The fraction of sp³-hybridized carbons (Fsp3) is 0.357. The standard InChI is InChI=1S/C28H24ClF4N5O4/c29-17-2-1-16(20(30)10-17)14-42-26-19(28(31,32)33)9-15-5-7-37(12-22(15)35-26)13-24-36-25-23(4-3-21(34-25)27(39)40)38(24)11-18-6-8-41-18/h1-4,9-10,18H,5-8,11-14H2,(H,39,40)/t18-/m0/s1. The average Bonchev–Trinajstić information content (AvgIpc) is 3.24. The predicted octanol–water partition coefficient (Wildman–Crippen LogP) is 5.26. The number of carbonyl (C=O) groups is 1. The van der Waals surface area contributed by atoms with Gasteiger partial charge in [0.05, 0.1) is 30.4 Å². The van der Waals surface area contributed by atoms with Crippen molar-refractivity contribution in [2.45, 2.75) is 51.4 Å². The van der Waals surface area contributed by atoms with Crippen LogP contribution in [0.2, 0.25) is 5.02 Å². The van der Waals surface area contributed by atoms with Crippen molar-refractivity contribution in [2.24, 2.45) is 0 Å². The van der Waals surface area contributed by atoms with E-state index in [1.807, 2.05) is 9.47 Å². The second kappa shape index (κ2) is 11.1. The van der Waals surface area contributed by atoms with Gasteiger partial charge < -0.3 is 19.1 Å². The molecule has 0 amide bonds. The Kier molecular flexibility index (Phi) is 7.50. The maximum absolute atomic E-state index is 14.2. The van der Waals surface area contributed by atoms with Gasteiger partial charge in [-0.2, -0.15) is 13.2 Å². The maximum Gasteiger partial charge on any atom is 0.421 e. The van der Waals surface area contributed by atoms with Gasteiger partial charge in [-0.1, -0.05) is 17.7 Å². The maximum atomic E-state index is 14.2. The third kappa shape index (κ3) is 5.76. The van der Waals surface area contributed by atoms with Crippen LogP contribution in [0.1, 0.15) is 45.1 Å². The number of fused-ring (bicyclic) bond motifs is 2. The van der Waals surface area contributed by atoms with Gasteiger partial charge in [-0.3, -0.25) is 4.90 Å². The van der Waals surface area contributed by atoms with Gasteiger partial charge in [-0.25, -0.2) is 24.1 Å². The molecule has 0 radical (unpaired) electrons. The summed E-state index contributed by atoms with van der Waals surface area (Å²) in [6.45, 7) is 1.70. The molecule has 42 heavy (non-hydrogen) atoms. The van der Waals surface area contributed by atoms with Crippen molar-refractivity contribution >= 4 is 28.7 Å². The van der Waals surface area contributed by atoms with Gasteiger partial charge in [0.1, 0.15) is 23.8 Å². The molecule has 0 spiro atoms. The number of carboxylic acid groups (broad SMARTS) is 1. The van der Waals surface area contributed by atoms with Crippen LogP contribution in [0.25, 0.3) is 11.2 Å². The van der Waals surface area contributed by atoms with Gasteiger partial charge in [0.15, 0.2) is 11.3 Å². The van der Waals surface area contributed by atoms with E-state index >= 15 is 0 Å². The largest absolute Gasteiger partial charge is 0.477 e. The number of halogens is 5. The molecular formula is C28H24ClF4N5O4. The SMILES string of the molecule is O=C(O)c1ccc2c(n1)nc(CN1CCc3cc(C(F)(F)F)c(OCc4ccc(Cl)cc4F)nc3C1)n2C[C@@H]1CCO1. The molecule has 14 heteroatoms. The van der Waals surface area contributed by atoms with E-state index in [9.17, 15) is 27.5 Å². The minimum Gasteiger partial charge on any atom is -0.477 e. The van der Waals surface area contributed by atoms with Gasteiger partial charge in [0.2, 0.25) is 5.88 Å². The van der Waals surface area contributed by atoms with Crippen LogP contribution in [-0.4, -0.2) is 54.8 Å². The zero-order valence-electron chi connectivity index (χ0n) is 22.0. The quantitative estimate of drug-likeness (QED) is 0.271. The second-order valence-corrected chi connectivity index (χ2v) is 10.6. The van der Waals surface area contributed by atoms with Crippen molar-refractivity contribution in [2.75, 3.05) is 13.2 Å². The Morgan fingerprint density at radius 3 is 2.67 bits per heavy atom. The molecule has 220 valence electrons. The Bertz CT molecular complexity index is 1670. The first kappa shape index (κ1) is 28.3. The summed E-state index contributed by atoms with van der Waals surface area (Å²) < 4.78 is 69.0. The van der Waals surface area contributed by atoms with Crippen LogP contribution in [-0.2, 0) is 43.6 Å². The van der Waals surface area contributed by atoms with Crippen LogP contribution in [0.3, 0.4) is 0 Å². The van der Waals surface area contributed by atoms with Gasteiger partial charge in [0, 0.05) is 30.3 Å². The van der Waals surface area contributed by atoms with E-state index in [0.717, 1.165) is 18.6 Å². The minimum atomic E-state index is -4.72. The summed E-state index contributed by atoms with van der Waals surface area (Å²) in [5.74, 6) is -1.86. The van der Waals surface area contributed by atoms with E-state index in [0.29, 0.717) is 60.9 Å². The smallest absolute Gasteiger partial charge is 0.421 e. The van der Waals surface area contributed by atoms with Crippen LogP contribution in [0.15, 0.2) is 36.4 Å². The lowest BCUT2D eigenvalue weighted by Crippen LogP contribution is -2.34. The first-order valence-electron chi connectivity index (χ1n) is 13.2. The summed E-state index contributed by atoms with van der Waals surface area (Å²) >= 11 is 5.77. The number of hydrogen-bond donors (Lipinski definition) is 1. The molecule has 1 atom stereocenters. The lowest BCUT2D eigenvalue weighted by Gasteiger charge is -2.30. The van der Waals surface area contributed by atoms with E-state index in [1.165, 1.54) is 18.2 Å². The van der Waals surface area contributed by atoms with Crippen molar-refractivity contribution in [1.29, 1.82) is 0 Å².